The normalized spacial score (nSPS) is 16.5. The van der Waals surface area contributed by atoms with Crippen molar-refractivity contribution < 1.29 is 9.53 Å². The van der Waals surface area contributed by atoms with Crippen molar-refractivity contribution >= 4 is 34.6 Å². The number of rotatable bonds is 5. The zero-order chi connectivity index (χ0) is 16.1. The number of anilines is 2. The number of hydrogen-bond acceptors (Lipinski definition) is 4. The molecule has 6 nitrogen and oxygen atoms in total. The summed E-state index contributed by atoms with van der Waals surface area (Å²) in [5.74, 6) is 0.525. The quantitative estimate of drug-likeness (QED) is 0.566. The van der Waals surface area contributed by atoms with Crippen LogP contribution in [0.2, 0.25) is 0 Å². The largest absolute Gasteiger partial charge is 0.479 e. The average Bonchev–Trinajstić information content (AvgIpc) is 2.45. The number of nitrogens with one attached hydrogen (secondary N) is 3. The van der Waals surface area contributed by atoms with E-state index in [0.29, 0.717) is 16.5 Å². The number of carbonyl (C=O) groups excluding carboxylic acids is 1. The Balaban J connectivity index is 1.87. The van der Waals surface area contributed by atoms with Crippen LogP contribution in [0, 0.1) is 0 Å². The molecule has 1 aliphatic rings. The monoisotopic (exact) mass is 322 g/mol. The van der Waals surface area contributed by atoms with Crippen molar-refractivity contribution in [2.24, 2.45) is 0 Å². The molecule has 0 saturated carbocycles. The summed E-state index contributed by atoms with van der Waals surface area (Å²) in [6.07, 6.45) is 0.548. The first-order valence-electron chi connectivity index (χ1n) is 7.27. The second-order valence-corrected chi connectivity index (χ2v) is 5.91. The van der Waals surface area contributed by atoms with E-state index < -0.39 is 6.10 Å². The molecule has 0 unspecified atom stereocenters. The van der Waals surface area contributed by atoms with Gasteiger partial charge in [-0.25, -0.2) is 0 Å². The number of nitrogens with zero attached hydrogens (tertiary/aromatic N) is 1. The highest BCUT2D eigenvalue weighted by molar-refractivity contribution is 7.80. The molecule has 1 aromatic rings. The van der Waals surface area contributed by atoms with E-state index >= 15 is 0 Å². The van der Waals surface area contributed by atoms with Gasteiger partial charge in [-0.1, -0.05) is 0 Å². The van der Waals surface area contributed by atoms with Crippen LogP contribution in [-0.4, -0.2) is 49.2 Å². The molecular weight excluding hydrogens is 300 g/mol. The van der Waals surface area contributed by atoms with Crippen LogP contribution in [-0.2, 0) is 4.79 Å². The molecule has 0 radical (unpaired) electrons. The van der Waals surface area contributed by atoms with Crippen LogP contribution in [0.3, 0.4) is 0 Å². The predicted molar refractivity (Wildman–Crippen MR) is 92.6 cm³/mol. The second kappa shape index (κ2) is 7.42. The Hall–Kier alpha value is -1.86. The van der Waals surface area contributed by atoms with Crippen LogP contribution in [0.1, 0.15) is 13.3 Å². The number of fused-ring (bicyclic) bond motifs is 1. The fourth-order valence-electron chi connectivity index (χ4n) is 2.06. The number of hydrogen-bond donors (Lipinski definition) is 3. The van der Waals surface area contributed by atoms with Crippen molar-refractivity contribution in [2.45, 2.75) is 19.4 Å². The van der Waals surface area contributed by atoms with Crippen molar-refractivity contribution in [3.8, 4) is 5.75 Å². The lowest BCUT2D eigenvalue weighted by atomic mass is 10.2. The lowest BCUT2D eigenvalue weighted by Crippen LogP contribution is -2.34. The Morgan fingerprint density at radius 1 is 1.45 bits per heavy atom. The molecular formula is C15H22N4O2S. The minimum absolute atomic E-state index is 0.144. The van der Waals surface area contributed by atoms with Gasteiger partial charge in [0.2, 0.25) is 0 Å². The number of amides is 1. The predicted octanol–water partition coefficient (Wildman–Crippen LogP) is 1.64. The van der Waals surface area contributed by atoms with E-state index in [4.69, 9.17) is 17.0 Å². The standard InChI is InChI=1S/C15H22N4O2S/c1-10-14(20)18-12-9-11(5-6-13(12)21-10)17-15(22)16-7-4-8-19(2)3/h5-6,9-10H,4,7-8H2,1-3H3,(H,18,20)(H2,16,17,22)/t10-/m1/s1. The third-order valence-corrected chi connectivity index (χ3v) is 3.48. The van der Waals surface area contributed by atoms with Gasteiger partial charge in [0.1, 0.15) is 5.75 Å². The molecule has 2 rings (SSSR count). The SMILES string of the molecule is C[C@H]1Oc2ccc(NC(=S)NCCCN(C)C)cc2NC1=O. The Labute approximate surface area is 136 Å². The first-order valence-corrected chi connectivity index (χ1v) is 7.67. The Bertz CT molecular complexity index is 562. The van der Waals surface area contributed by atoms with Gasteiger partial charge in [-0.05, 0) is 64.4 Å². The summed E-state index contributed by atoms with van der Waals surface area (Å²) >= 11 is 5.26. The van der Waals surface area contributed by atoms with E-state index in [1.54, 1.807) is 6.92 Å². The van der Waals surface area contributed by atoms with Crippen LogP contribution in [0.5, 0.6) is 5.75 Å². The van der Waals surface area contributed by atoms with Gasteiger partial charge in [0.15, 0.2) is 11.2 Å². The summed E-state index contributed by atoms with van der Waals surface area (Å²) in [5.41, 5.74) is 1.46. The van der Waals surface area contributed by atoms with E-state index in [0.717, 1.165) is 25.2 Å². The van der Waals surface area contributed by atoms with Crippen LogP contribution in [0.15, 0.2) is 18.2 Å². The zero-order valence-electron chi connectivity index (χ0n) is 13.1. The van der Waals surface area contributed by atoms with Gasteiger partial charge >= 0.3 is 0 Å². The number of carbonyl (C=O) groups is 1. The molecule has 1 aromatic carbocycles. The van der Waals surface area contributed by atoms with Crippen molar-refractivity contribution in [3.63, 3.8) is 0 Å². The first kappa shape index (κ1) is 16.5. The maximum Gasteiger partial charge on any atom is 0.265 e. The van der Waals surface area contributed by atoms with Gasteiger partial charge < -0.3 is 25.6 Å². The molecule has 0 saturated heterocycles. The Kier molecular flexibility index (Phi) is 5.57. The fourth-order valence-corrected chi connectivity index (χ4v) is 2.28. The Morgan fingerprint density at radius 3 is 2.95 bits per heavy atom. The molecule has 1 heterocycles. The van der Waals surface area contributed by atoms with Crippen LogP contribution in [0.25, 0.3) is 0 Å². The molecule has 1 amide bonds. The number of benzene rings is 1. The van der Waals surface area contributed by atoms with Gasteiger partial charge in [0.05, 0.1) is 5.69 Å². The summed E-state index contributed by atoms with van der Waals surface area (Å²) in [5, 5.41) is 9.64. The highest BCUT2D eigenvalue weighted by Crippen LogP contribution is 2.32. The number of thiocarbonyl (C=S) groups is 1. The minimum Gasteiger partial charge on any atom is -0.479 e. The van der Waals surface area contributed by atoms with E-state index in [9.17, 15) is 4.79 Å². The van der Waals surface area contributed by atoms with E-state index in [-0.39, 0.29) is 5.91 Å². The maximum atomic E-state index is 11.6. The van der Waals surface area contributed by atoms with Crippen LogP contribution < -0.4 is 20.7 Å². The third-order valence-electron chi connectivity index (χ3n) is 3.24. The maximum absolute atomic E-state index is 11.6. The Morgan fingerprint density at radius 2 is 2.23 bits per heavy atom. The lowest BCUT2D eigenvalue weighted by molar-refractivity contribution is -0.122. The third kappa shape index (κ3) is 4.57. The van der Waals surface area contributed by atoms with Gasteiger partial charge in [0.25, 0.3) is 5.91 Å². The van der Waals surface area contributed by atoms with Crippen molar-refractivity contribution in [3.05, 3.63) is 18.2 Å². The highest BCUT2D eigenvalue weighted by atomic mass is 32.1. The molecule has 0 aromatic heterocycles. The summed E-state index contributed by atoms with van der Waals surface area (Å²) < 4.78 is 5.51. The molecule has 120 valence electrons. The zero-order valence-corrected chi connectivity index (χ0v) is 13.9. The van der Waals surface area contributed by atoms with E-state index in [1.165, 1.54) is 0 Å². The lowest BCUT2D eigenvalue weighted by Gasteiger charge is -2.24. The van der Waals surface area contributed by atoms with Crippen molar-refractivity contribution in [2.75, 3.05) is 37.8 Å². The van der Waals surface area contributed by atoms with Gasteiger partial charge in [-0.3, -0.25) is 4.79 Å². The minimum atomic E-state index is -0.467. The van der Waals surface area contributed by atoms with Crippen molar-refractivity contribution in [1.29, 1.82) is 0 Å². The average molecular weight is 322 g/mol. The molecule has 1 atom stereocenters. The first-order chi connectivity index (χ1) is 10.5. The van der Waals surface area contributed by atoms with E-state index in [1.807, 2.05) is 32.3 Å². The van der Waals surface area contributed by atoms with Crippen LogP contribution >= 0.6 is 12.2 Å². The summed E-state index contributed by atoms with van der Waals surface area (Å²) in [6, 6.07) is 5.51. The molecule has 0 fully saturated rings. The van der Waals surface area contributed by atoms with Crippen molar-refractivity contribution in [1.82, 2.24) is 10.2 Å². The topological polar surface area (TPSA) is 65.6 Å². The molecule has 0 spiro atoms. The fraction of sp³-hybridized carbons (Fsp3) is 0.467. The van der Waals surface area contributed by atoms with E-state index in [2.05, 4.69) is 20.9 Å². The molecule has 1 aliphatic heterocycles. The van der Waals surface area contributed by atoms with Gasteiger partial charge in [-0.2, -0.15) is 0 Å². The molecule has 3 N–H and O–H groups in total. The van der Waals surface area contributed by atoms with Gasteiger partial charge in [0, 0.05) is 12.2 Å². The molecule has 0 bridgehead atoms. The summed E-state index contributed by atoms with van der Waals surface area (Å²) in [7, 11) is 4.09. The van der Waals surface area contributed by atoms with Crippen LogP contribution in [0.4, 0.5) is 11.4 Å². The number of ether oxygens (including phenoxy) is 1. The smallest absolute Gasteiger partial charge is 0.265 e. The summed E-state index contributed by atoms with van der Waals surface area (Å²) in [6.45, 7) is 3.54. The highest BCUT2D eigenvalue weighted by Gasteiger charge is 2.23. The molecule has 7 heteroatoms. The summed E-state index contributed by atoms with van der Waals surface area (Å²) in [4.78, 5) is 13.8. The second-order valence-electron chi connectivity index (χ2n) is 5.50. The molecule has 22 heavy (non-hydrogen) atoms. The molecule has 0 aliphatic carbocycles. The van der Waals surface area contributed by atoms with Gasteiger partial charge in [-0.15, -0.1) is 0 Å².